The second kappa shape index (κ2) is 8.83. The zero-order valence-corrected chi connectivity index (χ0v) is 17.0. The minimum absolute atomic E-state index is 0.182. The third kappa shape index (κ3) is 4.97. The molecule has 1 saturated heterocycles. The van der Waals surface area contributed by atoms with Gasteiger partial charge in [0.15, 0.2) is 18.1 Å². The van der Waals surface area contributed by atoms with Gasteiger partial charge in [0.05, 0.1) is 12.0 Å². The molecule has 1 N–H and O–H groups in total. The third-order valence-electron chi connectivity index (χ3n) is 4.13. The number of nitrogens with one attached hydrogen (secondary N) is 1. The van der Waals surface area contributed by atoms with Gasteiger partial charge in [0.1, 0.15) is 0 Å². The summed E-state index contributed by atoms with van der Waals surface area (Å²) in [6, 6.07) is 12.5. The maximum atomic E-state index is 12.1. The molecule has 2 aromatic carbocycles. The summed E-state index contributed by atoms with van der Waals surface area (Å²) in [6.07, 6.45) is 1.62. The first-order valence-corrected chi connectivity index (χ1v) is 9.58. The number of ether oxygens (including phenoxy) is 2. The molecular formula is C21H20N2O5S. The number of likely N-dealkylation sites (N-methyl/N-ethyl adjacent to an activating group) is 1. The molecule has 0 unspecified atom stereocenters. The van der Waals surface area contributed by atoms with E-state index < -0.39 is 0 Å². The predicted octanol–water partition coefficient (Wildman–Crippen LogP) is 3.69. The fourth-order valence-electron chi connectivity index (χ4n) is 2.65. The zero-order chi connectivity index (χ0) is 21.0. The van der Waals surface area contributed by atoms with Gasteiger partial charge in [0, 0.05) is 12.7 Å². The molecule has 0 aromatic heterocycles. The molecule has 7 nitrogen and oxygen atoms in total. The number of nitrogens with zero attached hydrogens (tertiary/aromatic N) is 1. The number of imide groups is 1. The summed E-state index contributed by atoms with van der Waals surface area (Å²) in [6.45, 7) is 1.76. The van der Waals surface area contributed by atoms with Crippen molar-refractivity contribution in [3.05, 3.63) is 58.5 Å². The molecule has 2 aromatic rings. The van der Waals surface area contributed by atoms with Crippen molar-refractivity contribution in [3.8, 4) is 11.5 Å². The van der Waals surface area contributed by atoms with Crippen LogP contribution in [-0.2, 0) is 9.59 Å². The van der Waals surface area contributed by atoms with E-state index in [0.717, 1.165) is 22.2 Å². The summed E-state index contributed by atoms with van der Waals surface area (Å²) < 4.78 is 10.9. The van der Waals surface area contributed by atoms with Crippen LogP contribution in [-0.4, -0.2) is 42.7 Å². The quantitative estimate of drug-likeness (QED) is 0.729. The highest BCUT2D eigenvalue weighted by atomic mass is 32.2. The van der Waals surface area contributed by atoms with E-state index in [0.29, 0.717) is 27.7 Å². The van der Waals surface area contributed by atoms with E-state index in [1.807, 2.05) is 25.1 Å². The van der Waals surface area contributed by atoms with Gasteiger partial charge in [-0.2, -0.15) is 0 Å². The van der Waals surface area contributed by atoms with Crippen molar-refractivity contribution in [3.63, 3.8) is 0 Å². The van der Waals surface area contributed by atoms with Crippen LogP contribution in [0, 0.1) is 6.92 Å². The van der Waals surface area contributed by atoms with Gasteiger partial charge in [-0.3, -0.25) is 19.3 Å². The Kier molecular flexibility index (Phi) is 6.23. The average Bonchev–Trinajstić information content (AvgIpc) is 2.93. The number of carbonyl (C=O) groups is 3. The van der Waals surface area contributed by atoms with E-state index in [1.54, 1.807) is 30.3 Å². The van der Waals surface area contributed by atoms with Crippen molar-refractivity contribution in [2.24, 2.45) is 0 Å². The van der Waals surface area contributed by atoms with Crippen LogP contribution >= 0.6 is 11.8 Å². The normalized spacial score (nSPS) is 15.0. The Bertz CT molecular complexity index is 1000. The van der Waals surface area contributed by atoms with Crippen molar-refractivity contribution in [2.45, 2.75) is 6.92 Å². The molecule has 1 aliphatic rings. The number of methoxy groups -OCH3 is 1. The summed E-state index contributed by atoms with van der Waals surface area (Å²) in [7, 11) is 2.93. The smallest absolute Gasteiger partial charge is 0.293 e. The standard InChI is InChI=1S/C21H20N2O5S/c1-13-5-4-6-15(9-13)22-19(24)12-28-16-8-7-14(10-17(16)27-3)11-18-20(25)23(2)21(26)29-18/h4-11H,12H2,1-3H3,(H,22,24)/b18-11+. The van der Waals surface area contributed by atoms with Gasteiger partial charge in [0.2, 0.25) is 0 Å². The molecule has 8 heteroatoms. The van der Waals surface area contributed by atoms with Gasteiger partial charge in [0.25, 0.3) is 17.1 Å². The van der Waals surface area contributed by atoms with Gasteiger partial charge in [-0.05, 0) is 60.2 Å². The van der Waals surface area contributed by atoms with Crippen LogP contribution in [0.4, 0.5) is 10.5 Å². The molecule has 1 heterocycles. The number of anilines is 1. The fourth-order valence-corrected chi connectivity index (χ4v) is 3.48. The zero-order valence-electron chi connectivity index (χ0n) is 16.2. The molecule has 0 radical (unpaired) electrons. The molecule has 29 heavy (non-hydrogen) atoms. The van der Waals surface area contributed by atoms with Crippen LogP contribution in [0.1, 0.15) is 11.1 Å². The lowest BCUT2D eigenvalue weighted by Gasteiger charge is -2.12. The Morgan fingerprint density at radius 2 is 1.97 bits per heavy atom. The van der Waals surface area contributed by atoms with Gasteiger partial charge in [-0.15, -0.1) is 0 Å². The summed E-state index contributed by atoms with van der Waals surface area (Å²) in [5, 5.41) is 2.46. The van der Waals surface area contributed by atoms with Gasteiger partial charge in [-0.25, -0.2) is 0 Å². The highest BCUT2D eigenvalue weighted by Crippen LogP contribution is 2.33. The molecule has 0 bridgehead atoms. The minimum atomic E-state index is -0.341. The highest BCUT2D eigenvalue weighted by molar-refractivity contribution is 8.18. The number of thioether (sulfide) groups is 1. The SMILES string of the molecule is COc1cc(/C=C2/SC(=O)N(C)C2=O)ccc1OCC(=O)Nc1cccc(C)c1. The summed E-state index contributed by atoms with van der Waals surface area (Å²) >= 11 is 0.884. The van der Waals surface area contributed by atoms with Crippen LogP contribution in [0.2, 0.25) is 0 Å². The molecular weight excluding hydrogens is 392 g/mol. The average molecular weight is 412 g/mol. The molecule has 0 spiro atoms. The number of carbonyl (C=O) groups excluding carboxylic acids is 3. The van der Waals surface area contributed by atoms with E-state index in [-0.39, 0.29) is 23.7 Å². The summed E-state index contributed by atoms with van der Waals surface area (Å²) in [5.41, 5.74) is 2.42. The monoisotopic (exact) mass is 412 g/mol. The Labute approximate surface area is 172 Å². The number of benzene rings is 2. The van der Waals surface area contributed by atoms with Crippen molar-refractivity contribution in [1.82, 2.24) is 4.90 Å². The van der Waals surface area contributed by atoms with Gasteiger partial charge < -0.3 is 14.8 Å². The lowest BCUT2D eigenvalue weighted by atomic mass is 10.2. The molecule has 0 aliphatic carbocycles. The number of aryl methyl sites for hydroxylation is 1. The van der Waals surface area contributed by atoms with Crippen molar-refractivity contribution < 1.29 is 23.9 Å². The first-order chi connectivity index (χ1) is 13.9. The first-order valence-electron chi connectivity index (χ1n) is 8.76. The molecule has 3 amide bonds. The van der Waals surface area contributed by atoms with Crippen molar-refractivity contribution >= 4 is 40.6 Å². The Hall–Kier alpha value is -3.26. The third-order valence-corrected chi connectivity index (χ3v) is 5.09. The number of hydrogen-bond donors (Lipinski definition) is 1. The van der Waals surface area contributed by atoms with Crippen molar-refractivity contribution in [1.29, 1.82) is 0 Å². The van der Waals surface area contributed by atoms with Crippen LogP contribution < -0.4 is 14.8 Å². The number of rotatable bonds is 6. The van der Waals surface area contributed by atoms with Crippen molar-refractivity contribution in [2.75, 3.05) is 26.1 Å². The molecule has 150 valence electrons. The first kappa shape index (κ1) is 20.5. The second-order valence-corrected chi connectivity index (χ2v) is 7.35. The lowest BCUT2D eigenvalue weighted by molar-refractivity contribution is -0.121. The van der Waals surface area contributed by atoms with E-state index >= 15 is 0 Å². The van der Waals surface area contributed by atoms with Crippen LogP contribution in [0.5, 0.6) is 11.5 Å². The highest BCUT2D eigenvalue weighted by Gasteiger charge is 2.31. The Balaban J connectivity index is 1.67. The second-order valence-electron chi connectivity index (χ2n) is 6.36. The number of amides is 3. The lowest BCUT2D eigenvalue weighted by Crippen LogP contribution is -2.22. The topological polar surface area (TPSA) is 84.9 Å². The number of hydrogen-bond acceptors (Lipinski definition) is 6. The molecule has 0 saturated carbocycles. The maximum Gasteiger partial charge on any atom is 0.293 e. The van der Waals surface area contributed by atoms with Crippen LogP contribution in [0.25, 0.3) is 6.08 Å². The predicted molar refractivity (Wildman–Crippen MR) is 112 cm³/mol. The van der Waals surface area contributed by atoms with E-state index in [4.69, 9.17) is 9.47 Å². The largest absolute Gasteiger partial charge is 0.493 e. The summed E-state index contributed by atoms with van der Waals surface area (Å²) in [5.74, 6) is 0.177. The minimum Gasteiger partial charge on any atom is -0.493 e. The maximum absolute atomic E-state index is 12.1. The molecule has 1 fully saturated rings. The van der Waals surface area contributed by atoms with E-state index in [9.17, 15) is 14.4 Å². The van der Waals surface area contributed by atoms with Gasteiger partial charge in [-0.1, -0.05) is 18.2 Å². The molecule has 1 aliphatic heterocycles. The van der Waals surface area contributed by atoms with E-state index in [2.05, 4.69) is 5.32 Å². The van der Waals surface area contributed by atoms with Crippen LogP contribution in [0.15, 0.2) is 47.4 Å². The Morgan fingerprint density at radius 3 is 2.62 bits per heavy atom. The van der Waals surface area contributed by atoms with Crippen LogP contribution in [0.3, 0.4) is 0 Å². The van der Waals surface area contributed by atoms with Gasteiger partial charge >= 0.3 is 0 Å². The molecule has 3 rings (SSSR count). The fraction of sp³-hybridized carbons (Fsp3) is 0.190. The molecule has 0 atom stereocenters. The summed E-state index contributed by atoms with van der Waals surface area (Å²) in [4.78, 5) is 37.1. The van der Waals surface area contributed by atoms with E-state index in [1.165, 1.54) is 14.2 Å². The Morgan fingerprint density at radius 1 is 1.17 bits per heavy atom.